The van der Waals surface area contributed by atoms with Crippen molar-refractivity contribution in [2.45, 2.75) is 24.5 Å². The first-order chi connectivity index (χ1) is 11.8. The van der Waals surface area contributed by atoms with Crippen LogP contribution in [-0.4, -0.2) is 58.9 Å². The molecule has 0 aliphatic carbocycles. The SMILES string of the molecule is O=c1ccn([C@@H]2O[C@H](COP(=O)(O)n3ccnc3)[C@@H](O)[C@H]2O)c(=O)[nH]1. The standard InChI is InChI=1S/C12H15N4O8P/c17-8-1-3-16(12(20)14-8)11-10(19)9(18)7(24-11)5-23-25(21,22)15-4-2-13-6-15/h1-4,6-7,9-11,18-19H,5H2,(H,21,22)(H,14,17,20)/t7-,9-,10-,11-/m1/s1. The van der Waals surface area contributed by atoms with E-state index in [2.05, 4.69) is 4.98 Å². The second-order valence-corrected chi connectivity index (χ2v) is 6.99. The highest BCUT2D eigenvalue weighted by molar-refractivity contribution is 7.51. The minimum Gasteiger partial charge on any atom is -0.387 e. The maximum absolute atomic E-state index is 12.0. The Morgan fingerprint density at radius 2 is 2.08 bits per heavy atom. The number of hydrogen-bond acceptors (Lipinski definition) is 8. The third kappa shape index (κ3) is 3.49. The summed E-state index contributed by atoms with van der Waals surface area (Å²) in [5.41, 5.74) is -1.47. The molecule has 1 aliphatic heterocycles. The number of imidazole rings is 1. The van der Waals surface area contributed by atoms with Gasteiger partial charge in [0.05, 0.1) is 6.61 Å². The number of ether oxygens (including phenoxy) is 1. The fraction of sp³-hybridized carbons (Fsp3) is 0.417. The maximum Gasteiger partial charge on any atom is 0.437 e. The summed E-state index contributed by atoms with van der Waals surface area (Å²) in [5.74, 6) is 0. The quantitative estimate of drug-likeness (QED) is 0.433. The van der Waals surface area contributed by atoms with Crippen LogP contribution in [0.2, 0.25) is 0 Å². The molecule has 25 heavy (non-hydrogen) atoms. The van der Waals surface area contributed by atoms with Gasteiger partial charge in [-0.05, 0) is 0 Å². The molecule has 1 aliphatic rings. The molecular weight excluding hydrogens is 359 g/mol. The first kappa shape index (κ1) is 17.7. The Morgan fingerprint density at radius 3 is 2.72 bits per heavy atom. The van der Waals surface area contributed by atoms with Crippen LogP contribution in [0.1, 0.15) is 6.23 Å². The monoisotopic (exact) mass is 374 g/mol. The van der Waals surface area contributed by atoms with Crippen LogP contribution in [0, 0.1) is 0 Å². The fourth-order valence-electron chi connectivity index (χ4n) is 2.36. The molecule has 0 aromatic carbocycles. The van der Waals surface area contributed by atoms with Crippen molar-refractivity contribution < 1.29 is 28.9 Å². The molecule has 2 aromatic heterocycles. The molecular formula is C12H15N4O8P. The van der Waals surface area contributed by atoms with E-state index in [4.69, 9.17) is 9.26 Å². The van der Waals surface area contributed by atoms with E-state index >= 15 is 0 Å². The van der Waals surface area contributed by atoms with E-state index in [1.165, 1.54) is 12.4 Å². The van der Waals surface area contributed by atoms with Gasteiger partial charge in [0, 0.05) is 24.7 Å². The smallest absolute Gasteiger partial charge is 0.387 e. The largest absolute Gasteiger partial charge is 0.437 e. The zero-order chi connectivity index (χ0) is 18.2. The first-order valence-corrected chi connectivity index (χ1v) is 8.62. The van der Waals surface area contributed by atoms with Crippen molar-refractivity contribution in [2.24, 2.45) is 0 Å². The second-order valence-electron chi connectivity index (χ2n) is 5.29. The van der Waals surface area contributed by atoms with Gasteiger partial charge in [0.1, 0.15) is 24.6 Å². The van der Waals surface area contributed by atoms with Gasteiger partial charge in [0.25, 0.3) is 5.56 Å². The fourth-order valence-corrected chi connectivity index (χ4v) is 3.26. The first-order valence-electron chi connectivity index (χ1n) is 7.09. The zero-order valence-electron chi connectivity index (χ0n) is 12.6. The van der Waals surface area contributed by atoms with Crippen LogP contribution < -0.4 is 11.2 Å². The van der Waals surface area contributed by atoms with Gasteiger partial charge in [0.2, 0.25) is 0 Å². The van der Waals surface area contributed by atoms with E-state index in [0.29, 0.717) is 0 Å². The molecule has 0 saturated carbocycles. The predicted molar refractivity (Wildman–Crippen MR) is 80.6 cm³/mol. The van der Waals surface area contributed by atoms with Crippen molar-refractivity contribution in [1.82, 2.24) is 18.9 Å². The van der Waals surface area contributed by atoms with Crippen LogP contribution in [0.5, 0.6) is 0 Å². The molecule has 2 aromatic rings. The van der Waals surface area contributed by atoms with E-state index < -0.39 is 50.1 Å². The Hall–Kier alpha value is -2.08. The van der Waals surface area contributed by atoms with Gasteiger partial charge in [-0.25, -0.2) is 18.7 Å². The summed E-state index contributed by atoms with van der Waals surface area (Å²) in [6.45, 7) is -0.529. The van der Waals surface area contributed by atoms with Crippen molar-refractivity contribution in [3.8, 4) is 0 Å². The van der Waals surface area contributed by atoms with E-state index in [0.717, 1.165) is 27.5 Å². The molecule has 3 rings (SSSR count). The average Bonchev–Trinajstić information content (AvgIpc) is 3.18. The second kappa shape index (κ2) is 6.67. The molecule has 13 heteroatoms. The van der Waals surface area contributed by atoms with Crippen molar-refractivity contribution in [2.75, 3.05) is 6.61 Å². The molecule has 136 valence electrons. The van der Waals surface area contributed by atoms with Crippen molar-refractivity contribution >= 4 is 7.75 Å². The van der Waals surface area contributed by atoms with E-state index in [9.17, 15) is 29.3 Å². The Morgan fingerprint density at radius 1 is 1.32 bits per heavy atom. The van der Waals surface area contributed by atoms with Gasteiger partial charge in [-0.1, -0.05) is 0 Å². The van der Waals surface area contributed by atoms with Gasteiger partial charge in [-0.2, -0.15) is 0 Å². The molecule has 4 N–H and O–H groups in total. The molecule has 1 unspecified atom stereocenters. The average molecular weight is 374 g/mol. The summed E-state index contributed by atoms with van der Waals surface area (Å²) >= 11 is 0. The number of H-pyrrole nitrogens is 1. The summed E-state index contributed by atoms with van der Waals surface area (Å²) in [6.07, 6.45) is -0.755. The van der Waals surface area contributed by atoms with Crippen LogP contribution in [0.25, 0.3) is 0 Å². The topological polar surface area (TPSA) is 169 Å². The van der Waals surface area contributed by atoms with Crippen LogP contribution in [0.4, 0.5) is 0 Å². The number of nitrogens with one attached hydrogen (secondary N) is 1. The van der Waals surface area contributed by atoms with E-state index in [1.807, 2.05) is 4.98 Å². The number of nitrogens with zero attached hydrogens (tertiary/aromatic N) is 3. The molecule has 0 bridgehead atoms. The summed E-state index contributed by atoms with van der Waals surface area (Å²) in [7, 11) is -4.24. The Bertz CT molecular complexity index is 893. The molecule has 0 radical (unpaired) electrons. The minimum absolute atomic E-state index is 0.529. The zero-order valence-corrected chi connectivity index (χ0v) is 13.5. The van der Waals surface area contributed by atoms with Gasteiger partial charge < -0.3 is 19.8 Å². The van der Waals surface area contributed by atoms with Crippen LogP contribution in [-0.2, 0) is 13.8 Å². The molecule has 1 fully saturated rings. The van der Waals surface area contributed by atoms with Crippen molar-refractivity contribution in [3.05, 3.63) is 51.8 Å². The van der Waals surface area contributed by atoms with Crippen LogP contribution in [0.3, 0.4) is 0 Å². The molecule has 12 nitrogen and oxygen atoms in total. The van der Waals surface area contributed by atoms with Crippen molar-refractivity contribution in [3.63, 3.8) is 0 Å². The Labute approximate surface area is 139 Å². The predicted octanol–water partition coefficient (Wildman–Crippen LogP) is -1.98. The molecule has 1 saturated heterocycles. The maximum atomic E-state index is 12.0. The Balaban J connectivity index is 1.73. The van der Waals surface area contributed by atoms with Gasteiger partial charge in [-0.3, -0.25) is 18.9 Å². The van der Waals surface area contributed by atoms with Crippen LogP contribution in [0.15, 0.2) is 40.6 Å². The number of hydrogen-bond donors (Lipinski definition) is 4. The lowest BCUT2D eigenvalue weighted by molar-refractivity contribution is -0.0527. The number of aliphatic hydroxyl groups excluding tert-OH is 2. The third-order valence-corrected chi connectivity index (χ3v) is 4.96. The lowest BCUT2D eigenvalue weighted by atomic mass is 10.1. The number of aliphatic hydroxyl groups is 2. The highest BCUT2D eigenvalue weighted by Crippen LogP contribution is 2.44. The number of aromatic nitrogens is 4. The highest BCUT2D eigenvalue weighted by Gasteiger charge is 2.45. The number of aromatic amines is 1. The van der Waals surface area contributed by atoms with Gasteiger partial charge in [0.15, 0.2) is 6.23 Å². The summed E-state index contributed by atoms with van der Waals surface area (Å²) in [5, 5.41) is 20.1. The van der Waals surface area contributed by atoms with Gasteiger partial charge in [-0.15, -0.1) is 0 Å². The van der Waals surface area contributed by atoms with Crippen LogP contribution >= 0.6 is 7.75 Å². The lowest BCUT2D eigenvalue weighted by Crippen LogP contribution is -2.37. The normalized spacial score (nSPS) is 28.8. The number of rotatable bonds is 5. The molecule has 5 atom stereocenters. The highest BCUT2D eigenvalue weighted by atomic mass is 31.2. The summed E-state index contributed by atoms with van der Waals surface area (Å²) in [4.78, 5) is 38.3. The Kier molecular flexibility index (Phi) is 4.73. The minimum atomic E-state index is -4.24. The van der Waals surface area contributed by atoms with Crippen molar-refractivity contribution in [1.29, 1.82) is 0 Å². The molecule has 0 spiro atoms. The molecule has 3 heterocycles. The summed E-state index contributed by atoms with van der Waals surface area (Å²) < 4.78 is 24.0. The van der Waals surface area contributed by atoms with E-state index in [-0.39, 0.29) is 0 Å². The molecule has 0 amide bonds. The van der Waals surface area contributed by atoms with E-state index in [1.54, 1.807) is 0 Å². The lowest BCUT2D eigenvalue weighted by Gasteiger charge is -2.18. The van der Waals surface area contributed by atoms with Gasteiger partial charge >= 0.3 is 13.4 Å². The third-order valence-electron chi connectivity index (χ3n) is 3.65. The summed E-state index contributed by atoms with van der Waals surface area (Å²) in [6, 6.07) is 1.05.